The number of benzene rings is 1. The van der Waals surface area contributed by atoms with Crippen molar-refractivity contribution in [3.63, 3.8) is 0 Å². The zero-order chi connectivity index (χ0) is 17.7. The molecule has 0 aliphatic carbocycles. The van der Waals surface area contributed by atoms with E-state index in [1.54, 1.807) is 13.0 Å². The minimum atomic E-state index is -0.443. The maximum Gasteiger partial charge on any atom is 0.272 e. The highest BCUT2D eigenvalue weighted by atomic mass is 16.6. The number of ether oxygens (including phenoxy) is 1. The summed E-state index contributed by atoms with van der Waals surface area (Å²) < 4.78 is 5.70. The SMILES string of the molecule is Cc1cc(C(=O)NCCCN2CC(C)OC(C)C2)ccc1[N+](=O)[O-]. The van der Waals surface area contributed by atoms with Crippen LogP contribution in [0.15, 0.2) is 18.2 Å². The Labute approximate surface area is 142 Å². The first-order chi connectivity index (χ1) is 11.4. The summed E-state index contributed by atoms with van der Waals surface area (Å²) in [5, 5.41) is 13.7. The van der Waals surface area contributed by atoms with Gasteiger partial charge < -0.3 is 10.1 Å². The summed E-state index contributed by atoms with van der Waals surface area (Å²) in [5.41, 5.74) is 0.970. The highest BCUT2D eigenvalue weighted by Gasteiger charge is 2.21. The zero-order valence-corrected chi connectivity index (χ0v) is 14.4. The molecule has 0 spiro atoms. The van der Waals surface area contributed by atoms with E-state index < -0.39 is 4.92 Å². The van der Waals surface area contributed by atoms with Crippen LogP contribution in [-0.4, -0.2) is 54.1 Å². The first kappa shape index (κ1) is 18.4. The Morgan fingerprint density at radius 3 is 2.62 bits per heavy atom. The van der Waals surface area contributed by atoms with Gasteiger partial charge in [-0.3, -0.25) is 19.8 Å². The number of hydrogen-bond donors (Lipinski definition) is 1. The van der Waals surface area contributed by atoms with Crippen molar-refractivity contribution in [2.75, 3.05) is 26.2 Å². The third kappa shape index (κ3) is 5.01. The molecule has 7 nitrogen and oxygen atoms in total. The molecule has 0 aromatic heterocycles. The average molecular weight is 335 g/mol. The number of nitro benzene ring substituents is 1. The molecule has 1 fully saturated rings. The number of rotatable bonds is 6. The van der Waals surface area contributed by atoms with E-state index in [0.29, 0.717) is 17.7 Å². The molecule has 1 N–H and O–H groups in total. The lowest BCUT2D eigenvalue weighted by molar-refractivity contribution is -0.385. The maximum absolute atomic E-state index is 12.1. The van der Waals surface area contributed by atoms with Gasteiger partial charge in [-0.2, -0.15) is 0 Å². The van der Waals surface area contributed by atoms with Crippen molar-refractivity contribution in [1.82, 2.24) is 10.2 Å². The van der Waals surface area contributed by atoms with Crippen LogP contribution >= 0.6 is 0 Å². The largest absolute Gasteiger partial charge is 0.373 e. The van der Waals surface area contributed by atoms with Crippen LogP contribution in [0.1, 0.15) is 36.2 Å². The molecule has 1 aromatic rings. The number of nitro groups is 1. The number of aryl methyl sites for hydroxylation is 1. The minimum Gasteiger partial charge on any atom is -0.373 e. The molecule has 1 aliphatic rings. The fourth-order valence-corrected chi connectivity index (χ4v) is 3.08. The number of carbonyl (C=O) groups is 1. The van der Waals surface area contributed by atoms with Crippen LogP contribution in [0.3, 0.4) is 0 Å². The van der Waals surface area contributed by atoms with Gasteiger partial charge in [0.15, 0.2) is 0 Å². The summed E-state index contributed by atoms with van der Waals surface area (Å²) in [5.74, 6) is -0.197. The average Bonchev–Trinajstić information content (AvgIpc) is 2.50. The summed E-state index contributed by atoms with van der Waals surface area (Å²) in [4.78, 5) is 24.8. The lowest BCUT2D eigenvalue weighted by Crippen LogP contribution is -2.46. The van der Waals surface area contributed by atoms with E-state index in [9.17, 15) is 14.9 Å². The Bertz CT molecular complexity index is 595. The predicted octanol–water partition coefficient (Wildman–Crippen LogP) is 2.13. The summed E-state index contributed by atoms with van der Waals surface area (Å²) >= 11 is 0. The van der Waals surface area contributed by atoms with Crippen molar-refractivity contribution in [3.05, 3.63) is 39.4 Å². The lowest BCUT2D eigenvalue weighted by Gasteiger charge is -2.35. The third-order valence-electron chi connectivity index (χ3n) is 4.09. The van der Waals surface area contributed by atoms with E-state index in [1.807, 2.05) is 0 Å². The van der Waals surface area contributed by atoms with Crippen LogP contribution < -0.4 is 5.32 Å². The molecule has 2 atom stereocenters. The van der Waals surface area contributed by atoms with Crippen LogP contribution in [0.5, 0.6) is 0 Å². The van der Waals surface area contributed by atoms with Gasteiger partial charge in [0, 0.05) is 43.4 Å². The molecule has 2 rings (SSSR count). The summed E-state index contributed by atoms with van der Waals surface area (Å²) in [6, 6.07) is 4.42. The van der Waals surface area contributed by atoms with Gasteiger partial charge in [0.05, 0.1) is 17.1 Å². The van der Waals surface area contributed by atoms with Gasteiger partial charge in [0.25, 0.3) is 11.6 Å². The van der Waals surface area contributed by atoms with E-state index in [2.05, 4.69) is 24.1 Å². The first-order valence-electron chi connectivity index (χ1n) is 8.28. The standard InChI is InChI=1S/C17H25N3O4/c1-12-9-15(5-6-16(12)20(22)23)17(21)18-7-4-8-19-10-13(2)24-14(3)11-19/h5-6,9,13-14H,4,7-8,10-11H2,1-3H3,(H,18,21). The minimum absolute atomic E-state index is 0.0297. The number of nitrogens with zero attached hydrogens (tertiary/aromatic N) is 2. The quantitative estimate of drug-likeness (QED) is 0.489. The van der Waals surface area contributed by atoms with Crippen LogP contribution in [0.2, 0.25) is 0 Å². The van der Waals surface area contributed by atoms with Crippen LogP contribution in [-0.2, 0) is 4.74 Å². The van der Waals surface area contributed by atoms with Crippen LogP contribution in [0.4, 0.5) is 5.69 Å². The zero-order valence-electron chi connectivity index (χ0n) is 14.4. The second-order valence-corrected chi connectivity index (χ2v) is 6.38. The number of hydrogen-bond acceptors (Lipinski definition) is 5. The monoisotopic (exact) mass is 335 g/mol. The highest BCUT2D eigenvalue weighted by molar-refractivity contribution is 5.94. The molecule has 7 heteroatoms. The van der Waals surface area contributed by atoms with E-state index in [0.717, 1.165) is 26.1 Å². The van der Waals surface area contributed by atoms with Gasteiger partial charge in [-0.15, -0.1) is 0 Å². The van der Waals surface area contributed by atoms with Gasteiger partial charge in [-0.05, 0) is 39.3 Å². The molecule has 0 bridgehead atoms. The van der Waals surface area contributed by atoms with E-state index in [4.69, 9.17) is 4.74 Å². The molecule has 132 valence electrons. The van der Waals surface area contributed by atoms with Crippen molar-refractivity contribution < 1.29 is 14.5 Å². The number of amides is 1. The van der Waals surface area contributed by atoms with Gasteiger partial charge in [0.1, 0.15) is 0 Å². The fourth-order valence-electron chi connectivity index (χ4n) is 3.08. The van der Waals surface area contributed by atoms with E-state index >= 15 is 0 Å². The molecule has 1 aliphatic heterocycles. The topological polar surface area (TPSA) is 84.7 Å². The molecule has 1 aromatic carbocycles. The summed E-state index contributed by atoms with van der Waals surface area (Å²) in [7, 11) is 0. The summed E-state index contributed by atoms with van der Waals surface area (Å²) in [6.07, 6.45) is 1.34. The Balaban J connectivity index is 1.77. The second-order valence-electron chi connectivity index (χ2n) is 6.38. The van der Waals surface area contributed by atoms with Gasteiger partial charge in [-0.25, -0.2) is 0 Å². The maximum atomic E-state index is 12.1. The molecule has 24 heavy (non-hydrogen) atoms. The van der Waals surface area contributed by atoms with Gasteiger partial charge in [0.2, 0.25) is 0 Å². The second kappa shape index (κ2) is 8.21. The first-order valence-corrected chi connectivity index (χ1v) is 8.28. The predicted molar refractivity (Wildman–Crippen MR) is 91.2 cm³/mol. The van der Waals surface area contributed by atoms with Gasteiger partial charge in [-0.1, -0.05) is 0 Å². The highest BCUT2D eigenvalue weighted by Crippen LogP contribution is 2.18. The smallest absolute Gasteiger partial charge is 0.272 e. The van der Waals surface area contributed by atoms with Crippen LogP contribution in [0, 0.1) is 17.0 Å². The lowest BCUT2D eigenvalue weighted by atomic mass is 10.1. The molecular formula is C17H25N3O4. The van der Waals surface area contributed by atoms with Crippen molar-refractivity contribution in [2.24, 2.45) is 0 Å². The van der Waals surface area contributed by atoms with Crippen molar-refractivity contribution in [2.45, 2.75) is 39.4 Å². The number of carbonyl (C=O) groups excluding carboxylic acids is 1. The van der Waals surface area contributed by atoms with E-state index in [1.165, 1.54) is 12.1 Å². The summed E-state index contributed by atoms with van der Waals surface area (Å²) in [6.45, 7) is 9.10. The Kier molecular flexibility index (Phi) is 6.28. The Morgan fingerprint density at radius 2 is 2.04 bits per heavy atom. The number of nitrogens with one attached hydrogen (secondary N) is 1. The molecule has 0 saturated carbocycles. The number of morpholine rings is 1. The van der Waals surface area contributed by atoms with Crippen molar-refractivity contribution in [3.8, 4) is 0 Å². The Morgan fingerprint density at radius 1 is 1.38 bits per heavy atom. The molecule has 1 saturated heterocycles. The van der Waals surface area contributed by atoms with Crippen LogP contribution in [0.25, 0.3) is 0 Å². The van der Waals surface area contributed by atoms with E-state index in [-0.39, 0.29) is 23.8 Å². The third-order valence-corrected chi connectivity index (χ3v) is 4.09. The normalized spacial score (nSPS) is 21.5. The van der Waals surface area contributed by atoms with Gasteiger partial charge >= 0.3 is 0 Å². The molecule has 1 heterocycles. The van der Waals surface area contributed by atoms with Crippen molar-refractivity contribution in [1.29, 1.82) is 0 Å². The Hall–Kier alpha value is -1.99. The van der Waals surface area contributed by atoms with Crippen molar-refractivity contribution >= 4 is 11.6 Å². The molecule has 1 amide bonds. The molecule has 2 unspecified atom stereocenters. The fraction of sp³-hybridized carbons (Fsp3) is 0.588. The molecular weight excluding hydrogens is 310 g/mol. The molecule has 0 radical (unpaired) electrons.